The Morgan fingerprint density at radius 2 is 1.64 bits per heavy atom. The van der Waals surface area contributed by atoms with E-state index in [1.807, 2.05) is 0 Å². The molecule has 0 unspecified atom stereocenters. The molecule has 7 nitrogen and oxygen atoms in total. The highest BCUT2D eigenvalue weighted by Crippen LogP contribution is 2.27. The summed E-state index contributed by atoms with van der Waals surface area (Å²) < 4.78 is 33.4. The zero-order valence-corrected chi connectivity index (χ0v) is 19.3. The summed E-state index contributed by atoms with van der Waals surface area (Å²) >= 11 is 0. The monoisotopic (exact) mass is 465 g/mol. The van der Waals surface area contributed by atoms with E-state index in [4.69, 9.17) is 4.74 Å². The fraction of sp³-hybridized carbons (Fsp3) is 0.280. The summed E-state index contributed by atoms with van der Waals surface area (Å²) in [4.78, 5) is 16.9. The number of aromatic nitrogens is 1. The first-order valence-corrected chi connectivity index (χ1v) is 12.4. The van der Waals surface area contributed by atoms with Gasteiger partial charge in [-0.25, -0.2) is 8.42 Å². The number of hydrogen-bond donors (Lipinski definition) is 1. The summed E-state index contributed by atoms with van der Waals surface area (Å²) in [5.41, 5.74) is 0.861. The van der Waals surface area contributed by atoms with Gasteiger partial charge in [0.25, 0.3) is 5.91 Å². The van der Waals surface area contributed by atoms with Crippen LogP contribution in [0.15, 0.2) is 78.0 Å². The quantitative estimate of drug-likeness (QED) is 0.526. The molecule has 8 heteroatoms. The van der Waals surface area contributed by atoms with Crippen LogP contribution in [0.4, 0.5) is 5.69 Å². The first-order chi connectivity index (χ1) is 15.9. The van der Waals surface area contributed by atoms with Crippen molar-refractivity contribution in [3.63, 3.8) is 0 Å². The van der Waals surface area contributed by atoms with Gasteiger partial charge in [-0.15, -0.1) is 0 Å². The van der Waals surface area contributed by atoms with Crippen LogP contribution in [0.25, 0.3) is 0 Å². The Hall–Kier alpha value is -3.23. The van der Waals surface area contributed by atoms with E-state index in [0.717, 1.165) is 32.1 Å². The number of rotatable bonds is 7. The molecule has 0 radical (unpaired) electrons. The molecule has 2 aromatic carbocycles. The van der Waals surface area contributed by atoms with Crippen molar-refractivity contribution in [3.8, 4) is 11.5 Å². The summed E-state index contributed by atoms with van der Waals surface area (Å²) in [6.07, 6.45) is 8.26. The number of amides is 1. The van der Waals surface area contributed by atoms with Crippen LogP contribution in [-0.4, -0.2) is 36.7 Å². The second kappa shape index (κ2) is 10.1. The molecule has 0 atom stereocenters. The van der Waals surface area contributed by atoms with Gasteiger partial charge in [0.2, 0.25) is 10.0 Å². The molecule has 1 aromatic heterocycles. The number of nitrogens with zero attached hydrogens (tertiary/aromatic N) is 2. The number of benzene rings is 2. The molecule has 0 aliphatic heterocycles. The maximum absolute atomic E-state index is 13.1. The minimum Gasteiger partial charge on any atom is -0.457 e. The number of carbonyl (C=O) groups is 1. The number of nitrogens with one attached hydrogen (secondary N) is 1. The van der Waals surface area contributed by atoms with Crippen molar-refractivity contribution >= 4 is 21.6 Å². The largest absolute Gasteiger partial charge is 0.457 e. The Morgan fingerprint density at radius 3 is 2.33 bits per heavy atom. The van der Waals surface area contributed by atoms with E-state index in [1.165, 1.54) is 16.4 Å². The van der Waals surface area contributed by atoms with E-state index < -0.39 is 10.0 Å². The van der Waals surface area contributed by atoms with Crippen LogP contribution in [0, 0.1) is 0 Å². The normalized spacial score (nSPS) is 14.7. The third-order valence-electron chi connectivity index (χ3n) is 5.86. The molecular weight excluding hydrogens is 438 g/mol. The maximum atomic E-state index is 13.1. The lowest BCUT2D eigenvalue weighted by Crippen LogP contribution is -2.38. The number of anilines is 1. The van der Waals surface area contributed by atoms with Crippen LogP contribution < -0.4 is 10.1 Å². The lowest BCUT2D eigenvalue weighted by Gasteiger charge is -2.30. The van der Waals surface area contributed by atoms with Gasteiger partial charge in [0.15, 0.2) is 0 Å². The molecule has 0 spiro atoms. The molecule has 1 aliphatic rings. The van der Waals surface area contributed by atoms with E-state index in [0.29, 0.717) is 17.2 Å². The molecule has 1 aliphatic carbocycles. The standard InChI is InChI=1S/C25H27N3O4S/c1-28(21-7-3-2-4-8-21)33(30,31)24-9-5-6-19(18-24)25(29)27-20-10-12-22(13-11-20)32-23-14-16-26-17-15-23/h5-6,9-18,21H,2-4,7-8H2,1H3,(H,27,29). The summed E-state index contributed by atoms with van der Waals surface area (Å²) in [6, 6.07) is 16.6. The smallest absolute Gasteiger partial charge is 0.255 e. The second-order valence-corrected chi connectivity index (χ2v) is 10.1. The Kier molecular flexibility index (Phi) is 7.05. The number of carbonyl (C=O) groups excluding carboxylic acids is 1. The fourth-order valence-electron chi connectivity index (χ4n) is 3.96. The fourth-order valence-corrected chi connectivity index (χ4v) is 5.42. The Morgan fingerprint density at radius 1 is 0.970 bits per heavy atom. The molecule has 1 saturated carbocycles. The molecule has 172 valence electrons. The lowest BCUT2D eigenvalue weighted by molar-refractivity contribution is 0.102. The van der Waals surface area contributed by atoms with Crippen LogP contribution >= 0.6 is 0 Å². The van der Waals surface area contributed by atoms with Gasteiger partial charge in [-0.2, -0.15) is 4.31 Å². The Bertz CT molecular complexity index is 1190. The highest BCUT2D eigenvalue weighted by Gasteiger charge is 2.29. The Labute approximate surface area is 194 Å². The zero-order chi connectivity index (χ0) is 23.3. The molecule has 0 saturated heterocycles. The van der Waals surface area contributed by atoms with Crippen molar-refractivity contribution in [1.29, 1.82) is 0 Å². The van der Waals surface area contributed by atoms with Crippen molar-refractivity contribution in [2.45, 2.75) is 43.0 Å². The van der Waals surface area contributed by atoms with E-state index in [2.05, 4.69) is 10.3 Å². The van der Waals surface area contributed by atoms with Gasteiger partial charge in [0.1, 0.15) is 11.5 Å². The summed E-state index contributed by atoms with van der Waals surface area (Å²) in [6.45, 7) is 0. The topological polar surface area (TPSA) is 88.6 Å². The highest BCUT2D eigenvalue weighted by molar-refractivity contribution is 7.89. The van der Waals surface area contributed by atoms with Gasteiger partial charge in [0, 0.05) is 36.7 Å². The van der Waals surface area contributed by atoms with E-state index >= 15 is 0 Å². The van der Waals surface area contributed by atoms with E-state index in [-0.39, 0.29) is 22.4 Å². The Balaban J connectivity index is 1.44. The average molecular weight is 466 g/mol. The van der Waals surface area contributed by atoms with Crippen LogP contribution in [0.5, 0.6) is 11.5 Å². The van der Waals surface area contributed by atoms with E-state index in [9.17, 15) is 13.2 Å². The van der Waals surface area contributed by atoms with E-state index in [1.54, 1.807) is 68.0 Å². The highest BCUT2D eigenvalue weighted by atomic mass is 32.2. The first-order valence-electron chi connectivity index (χ1n) is 11.0. The van der Waals surface area contributed by atoms with Crippen molar-refractivity contribution in [2.75, 3.05) is 12.4 Å². The van der Waals surface area contributed by atoms with Crippen molar-refractivity contribution < 1.29 is 17.9 Å². The zero-order valence-electron chi connectivity index (χ0n) is 18.5. The minimum absolute atomic E-state index is 0.00844. The molecule has 1 amide bonds. The summed E-state index contributed by atoms with van der Waals surface area (Å²) in [5, 5.41) is 2.81. The third-order valence-corrected chi connectivity index (χ3v) is 7.77. The molecule has 1 N–H and O–H groups in total. The van der Waals surface area contributed by atoms with Crippen LogP contribution in [0.2, 0.25) is 0 Å². The maximum Gasteiger partial charge on any atom is 0.255 e. The van der Waals surface area contributed by atoms with Crippen LogP contribution in [0.3, 0.4) is 0 Å². The summed E-state index contributed by atoms with van der Waals surface area (Å²) in [5.74, 6) is 0.909. The molecule has 0 bridgehead atoms. The van der Waals surface area contributed by atoms with Gasteiger partial charge in [-0.05, 0) is 67.4 Å². The van der Waals surface area contributed by atoms with Gasteiger partial charge in [-0.1, -0.05) is 25.3 Å². The molecule has 1 heterocycles. The average Bonchev–Trinajstić information content (AvgIpc) is 2.86. The van der Waals surface area contributed by atoms with Gasteiger partial charge in [0.05, 0.1) is 4.90 Å². The van der Waals surface area contributed by atoms with Gasteiger partial charge >= 0.3 is 0 Å². The molecule has 3 aromatic rings. The predicted molar refractivity (Wildman–Crippen MR) is 127 cm³/mol. The second-order valence-electron chi connectivity index (χ2n) is 8.10. The predicted octanol–water partition coefficient (Wildman–Crippen LogP) is 5.08. The lowest BCUT2D eigenvalue weighted by atomic mass is 9.96. The van der Waals surface area contributed by atoms with Crippen molar-refractivity contribution in [1.82, 2.24) is 9.29 Å². The van der Waals surface area contributed by atoms with Crippen molar-refractivity contribution in [2.24, 2.45) is 0 Å². The van der Waals surface area contributed by atoms with Gasteiger partial charge in [-0.3, -0.25) is 9.78 Å². The minimum atomic E-state index is -3.67. The molecule has 1 fully saturated rings. The molecular formula is C25H27N3O4S. The third kappa shape index (κ3) is 5.58. The number of sulfonamides is 1. The molecule has 4 rings (SSSR count). The van der Waals surface area contributed by atoms with Crippen molar-refractivity contribution in [3.05, 3.63) is 78.6 Å². The SMILES string of the molecule is CN(C1CCCCC1)S(=O)(=O)c1cccc(C(=O)Nc2ccc(Oc3ccncc3)cc2)c1. The van der Waals surface area contributed by atoms with Crippen LogP contribution in [0.1, 0.15) is 42.5 Å². The number of pyridine rings is 1. The number of hydrogen-bond acceptors (Lipinski definition) is 5. The number of ether oxygens (including phenoxy) is 1. The van der Waals surface area contributed by atoms with Gasteiger partial charge < -0.3 is 10.1 Å². The first kappa shape index (κ1) is 22.9. The van der Waals surface area contributed by atoms with Crippen LogP contribution in [-0.2, 0) is 10.0 Å². The molecule has 33 heavy (non-hydrogen) atoms. The summed E-state index contributed by atoms with van der Waals surface area (Å²) in [7, 11) is -2.04.